The quantitative estimate of drug-likeness (QED) is 0.655. The van der Waals surface area contributed by atoms with Crippen LogP contribution < -0.4 is 15.4 Å². The molecule has 4 nitrogen and oxygen atoms in total. The summed E-state index contributed by atoms with van der Waals surface area (Å²) in [4.78, 5) is 13.5. The molecule has 26 heavy (non-hydrogen) atoms. The van der Waals surface area contributed by atoms with Gasteiger partial charge in [0.2, 0.25) is 5.91 Å². The van der Waals surface area contributed by atoms with E-state index in [0.29, 0.717) is 5.75 Å². The number of benzene rings is 2. The Morgan fingerprint density at radius 3 is 2.58 bits per heavy atom. The molecule has 1 aromatic heterocycles. The molecule has 0 unspecified atom stereocenters. The second-order valence-corrected chi connectivity index (χ2v) is 6.60. The Hall–Kier alpha value is -2.86. The second kappa shape index (κ2) is 8.49. The second-order valence-electron chi connectivity index (χ2n) is 5.62. The van der Waals surface area contributed by atoms with Crippen LogP contribution in [0.4, 0.5) is 10.1 Å². The van der Waals surface area contributed by atoms with Gasteiger partial charge in [-0.15, -0.1) is 11.3 Å². The highest BCUT2D eigenvalue weighted by molar-refractivity contribution is 7.10. The maximum atomic E-state index is 13.2. The van der Waals surface area contributed by atoms with Crippen LogP contribution in [0.2, 0.25) is 0 Å². The van der Waals surface area contributed by atoms with Crippen molar-refractivity contribution >= 4 is 22.9 Å². The molecule has 0 aliphatic rings. The first kappa shape index (κ1) is 17.9. The molecule has 1 heterocycles. The summed E-state index contributed by atoms with van der Waals surface area (Å²) in [6.07, 6.45) is 0. The van der Waals surface area contributed by atoms with Crippen molar-refractivity contribution in [3.63, 3.8) is 0 Å². The fourth-order valence-corrected chi connectivity index (χ4v) is 3.41. The Labute approximate surface area is 155 Å². The normalized spacial score (nSPS) is 11.6. The van der Waals surface area contributed by atoms with Gasteiger partial charge < -0.3 is 15.4 Å². The molecule has 6 heteroatoms. The van der Waals surface area contributed by atoms with Crippen LogP contribution >= 0.6 is 11.3 Å². The molecule has 0 radical (unpaired) electrons. The first-order valence-corrected chi connectivity index (χ1v) is 9.00. The molecule has 0 saturated carbocycles. The zero-order valence-corrected chi connectivity index (χ0v) is 15.1. The zero-order valence-electron chi connectivity index (χ0n) is 14.2. The molecular weight excluding hydrogens is 351 g/mol. The monoisotopic (exact) mass is 370 g/mol. The number of carbonyl (C=O) groups excluding carboxylic acids is 1. The summed E-state index contributed by atoms with van der Waals surface area (Å²) in [5.74, 6) is 0.204. The molecule has 0 spiro atoms. The lowest BCUT2D eigenvalue weighted by molar-refractivity contribution is -0.119. The van der Waals surface area contributed by atoms with Crippen molar-refractivity contribution in [3.8, 4) is 5.75 Å². The van der Waals surface area contributed by atoms with Gasteiger partial charge in [0.1, 0.15) is 11.6 Å². The molecule has 2 aromatic carbocycles. The van der Waals surface area contributed by atoms with E-state index in [2.05, 4.69) is 10.6 Å². The van der Waals surface area contributed by atoms with Gasteiger partial charge in [0, 0.05) is 4.88 Å². The topological polar surface area (TPSA) is 50.4 Å². The lowest BCUT2D eigenvalue weighted by Crippen LogP contribution is -2.33. The molecule has 1 atom stereocenters. The number of ether oxygens (including phenoxy) is 1. The standard InChI is InChI=1S/C20H19FN2O2S/c1-25-17-6-3-2-5-16(17)22-13-19(24)23-20(18-7-4-12-26-18)14-8-10-15(21)11-9-14/h2-12,20,22H,13H2,1H3,(H,23,24)/t20-/m1/s1. The van der Waals surface area contributed by atoms with Gasteiger partial charge in [0.05, 0.1) is 25.4 Å². The lowest BCUT2D eigenvalue weighted by atomic mass is 10.1. The Morgan fingerprint density at radius 2 is 1.88 bits per heavy atom. The van der Waals surface area contributed by atoms with E-state index in [0.717, 1.165) is 16.1 Å². The van der Waals surface area contributed by atoms with Crippen molar-refractivity contribution in [1.82, 2.24) is 5.32 Å². The first-order valence-electron chi connectivity index (χ1n) is 8.12. The van der Waals surface area contributed by atoms with E-state index in [1.807, 2.05) is 41.8 Å². The van der Waals surface area contributed by atoms with Gasteiger partial charge in [-0.25, -0.2) is 4.39 Å². The van der Waals surface area contributed by atoms with Crippen molar-refractivity contribution in [2.75, 3.05) is 19.0 Å². The van der Waals surface area contributed by atoms with Gasteiger partial charge in [0.25, 0.3) is 0 Å². The third kappa shape index (κ3) is 4.40. The average molecular weight is 370 g/mol. The highest BCUT2D eigenvalue weighted by Gasteiger charge is 2.18. The Morgan fingerprint density at radius 1 is 1.12 bits per heavy atom. The van der Waals surface area contributed by atoms with Crippen molar-refractivity contribution in [2.24, 2.45) is 0 Å². The number of carbonyl (C=O) groups is 1. The summed E-state index contributed by atoms with van der Waals surface area (Å²) in [5.41, 5.74) is 1.58. The number of thiophene rings is 1. The Balaban J connectivity index is 1.70. The number of halogens is 1. The number of rotatable bonds is 7. The molecule has 3 rings (SSSR count). The van der Waals surface area contributed by atoms with Crippen LogP contribution in [0, 0.1) is 5.82 Å². The van der Waals surface area contributed by atoms with Crippen LogP contribution in [0.15, 0.2) is 66.0 Å². The van der Waals surface area contributed by atoms with E-state index >= 15 is 0 Å². The Bertz CT molecular complexity index is 851. The highest BCUT2D eigenvalue weighted by atomic mass is 32.1. The van der Waals surface area contributed by atoms with Gasteiger partial charge in [-0.1, -0.05) is 30.3 Å². The summed E-state index contributed by atoms with van der Waals surface area (Å²) >= 11 is 1.54. The molecule has 134 valence electrons. The predicted octanol–water partition coefficient (Wildman–Crippen LogP) is 4.21. The minimum Gasteiger partial charge on any atom is -0.495 e. The number of nitrogens with one attached hydrogen (secondary N) is 2. The number of para-hydroxylation sites is 2. The molecule has 0 aliphatic carbocycles. The number of hydrogen-bond acceptors (Lipinski definition) is 4. The third-order valence-electron chi connectivity index (χ3n) is 3.88. The van der Waals surface area contributed by atoms with Gasteiger partial charge in [-0.2, -0.15) is 0 Å². The average Bonchev–Trinajstić information content (AvgIpc) is 3.20. The summed E-state index contributed by atoms with van der Waals surface area (Å²) in [6, 6.07) is 17.1. The molecule has 0 bridgehead atoms. The van der Waals surface area contributed by atoms with Crippen molar-refractivity contribution in [1.29, 1.82) is 0 Å². The molecule has 0 fully saturated rings. The highest BCUT2D eigenvalue weighted by Crippen LogP contribution is 2.26. The third-order valence-corrected chi connectivity index (χ3v) is 4.82. The van der Waals surface area contributed by atoms with Gasteiger partial charge in [-0.05, 0) is 41.3 Å². The van der Waals surface area contributed by atoms with Crippen molar-refractivity contribution in [2.45, 2.75) is 6.04 Å². The van der Waals surface area contributed by atoms with E-state index in [4.69, 9.17) is 4.74 Å². The zero-order chi connectivity index (χ0) is 18.4. The molecule has 1 amide bonds. The lowest BCUT2D eigenvalue weighted by Gasteiger charge is -2.19. The van der Waals surface area contributed by atoms with Crippen molar-refractivity contribution < 1.29 is 13.9 Å². The Kier molecular flexibility index (Phi) is 5.86. The maximum absolute atomic E-state index is 13.2. The van der Waals surface area contributed by atoms with Crippen LogP contribution in [0.3, 0.4) is 0 Å². The van der Waals surface area contributed by atoms with E-state index in [9.17, 15) is 9.18 Å². The predicted molar refractivity (Wildman–Crippen MR) is 102 cm³/mol. The van der Waals surface area contributed by atoms with Gasteiger partial charge in [-0.3, -0.25) is 4.79 Å². The molecular formula is C20H19FN2O2S. The minimum absolute atomic E-state index is 0.101. The van der Waals surface area contributed by atoms with E-state index in [-0.39, 0.29) is 24.3 Å². The number of anilines is 1. The van der Waals surface area contributed by atoms with Crippen LogP contribution in [-0.4, -0.2) is 19.6 Å². The minimum atomic E-state index is -0.317. The molecule has 0 aliphatic heterocycles. The van der Waals surface area contributed by atoms with E-state index in [1.54, 1.807) is 30.6 Å². The fourth-order valence-electron chi connectivity index (χ4n) is 2.61. The molecule has 2 N–H and O–H groups in total. The summed E-state index contributed by atoms with van der Waals surface area (Å²) in [7, 11) is 1.59. The maximum Gasteiger partial charge on any atom is 0.240 e. The van der Waals surface area contributed by atoms with Crippen LogP contribution in [0.25, 0.3) is 0 Å². The fraction of sp³-hybridized carbons (Fsp3) is 0.150. The SMILES string of the molecule is COc1ccccc1NCC(=O)N[C@H](c1ccc(F)cc1)c1cccs1. The first-order chi connectivity index (χ1) is 12.7. The van der Waals surface area contributed by atoms with Crippen LogP contribution in [0.1, 0.15) is 16.5 Å². The largest absolute Gasteiger partial charge is 0.495 e. The van der Waals surface area contributed by atoms with Crippen LogP contribution in [-0.2, 0) is 4.79 Å². The number of amides is 1. The molecule has 3 aromatic rings. The van der Waals surface area contributed by atoms with Crippen molar-refractivity contribution in [3.05, 3.63) is 82.3 Å². The van der Waals surface area contributed by atoms with E-state index in [1.165, 1.54) is 12.1 Å². The summed E-state index contributed by atoms with van der Waals surface area (Å²) < 4.78 is 18.5. The number of methoxy groups -OCH3 is 1. The smallest absolute Gasteiger partial charge is 0.240 e. The van der Waals surface area contributed by atoms with Gasteiger partial charge >= 0.3 is 0 Å². The summed E-state index contributed by atoms with van der Waals surface area (Å²) in [5, 5.41) is 8.04. The summed E-state index contributed by atoms with van der Waals surface area (Å²) in [6.45, 7) is 0.101. The molecule has 0 saturated heterocycles. The van der Waals surface area contributed by atoms with E-state index < -0.39 is 0 Å². The van der Waals surface area contributed by atoms with Gasteiger partial charge in [0.15, 0.2) is 0 Å². The van der Waals surface area contributed by atoms with Crippen LogP contribution in [0.5, 0.6) is 5.75 Å². The number of hydrogen-bond donors (Lipinski definition) is 2.